The molecule has 0 aliphatic rings. The molecule has 1 aromatic carbocycles. The topological polar surface area (TPSA) is 58.1 Å². The standard InChI is InChI=1S/C20H36N4O2.HI/c1-5-21-20(22-11-8-14-26-16-15-25-4)23-12-13-24(6-2)19-10-7-9-18(3)17-19;/h7,9-10,17H,5-6,8,11-16H2,1-4H3,(H2,21,22,23);1H. The van der Waals surface area contributed by atoms with Gasteiger partial charge in [-0.3, -0.25) is 4.99 Å². The molecule has 0 aliphatic heterocycles. The quantitative estimate of drug-likeness (QED) is 0.192. The number of likely N-dealkylation sites (N-methyl/N-ethyl adjacent to an activating group) is 1. The Morgan fingerprint density at radius 2 is 1.96 bits per heavy atom. The molecule has 1 aromatic rings. The predicted molar refractivity (Wildman–Crippen MR) is 126 cm³/mol. The summed E-state index contributed by atoms with van der Waals surface area (Å²) in [5.41, 5.74) is 2.56. The van der Waals surface area contributed by atoms with Gasteiger partial charge in [0, 0.05) is 52.1 Å². The Balaban J connectivity index is 0.00000676. The van der Waals surface area contributed by atoms with E-state index in [0.29, 0.717) is 19.8 Å². The van der Waals surface area contributed by atoms with Crippen molar-refractivity contribution in [2.45, 2.75) is 27.2 Å². The number of hydrogen-bond donors (Lipinski definition) is 2. The lowest BCUT2D eigenvalue weighted by atomic mass is 10.2. The molecule has 0 heterocycles. The fourth-order valence-electron chi connectivity index (χ4n) is 2.55. The molecule has 0 amide bonds. The lowest BCUT2D eigenvalue weighted by Crippen LogP contribution is -2.41. The van der Waals surface area contributed by atoms with Crippen LogP contribution in [0.15, 0.2) is 29.3 Å². The third-order valence-corrected chi connectivity index (χ3v) is 3.92. The number of nitrogens with zero attached hydrogens (tertiary/aromatic N) is 2. The third-order valence-electron chi connectivity index (χ3n) is 3.92. The molecule has 0 aromatic heterocycles. The van der Waals surface area contributed by atoms with Crippen LogP contribution in [0.1, 0.15) is 25.8 Å². The monoisotopic (exact) mass is 492 g/mol. The number of benzene rings is 1. The first-order valence-corrected chi connectivity index (χ1v) is 9.61. The van der Waals surface area contributed by atoms with Crippen LogP contribution in [0.2, 0.25) is 0 Å². The number of ether oxygens (including phenoxy) is 2. The first-order valence-electron chi connectivity index (χ1n) is 9.61. The fraction of sp³-hybridized carbons (Fsp3) is 0.650. The molecule has 0 saturated carbocycles. The molecule has 6 nitrogen and oxygen atoms in total. The summed E-state index contributed by atoms with van der Waals surface area (Å²) in [6.07, 6.45) is 0.907. The molecule has 0 aliphatic carbocycles. The van der Waals surface area contributed by atoms with E-state index in [1.54, 1.807) is 7.11 Å². The van der Waals surface area contributed by atoms with Crippen molar-refractivity contribution < 1.29 is 9.47 Å². The molecule has 0 saturated heterocycles. The number of rotatable bonds is 13. The van der Waals surface area contributed by atoms with E-state index in [9.17, 15) is 0 Å². The number of halogens is 1. The second-order valence-electron chi connectivity index (χ2n) is 6.06. The van der Waals surface area contributed by atoms with E-state index in [1.165, 1.54) is 11.3 Å². The zero-order chi connectivity index (χ0) is 19.0. The van der Waals surface area contributed by atoms with Gasteiger partial charge in [-0.15, -0.1) is 24.0 Å². The summed E-state index contributed by atoms with van der Waals surface area (Å²) in [7, 11) is 1.68. The van der Waals surface area contributed by atoms with Crippen LogP contribution in [-0.4, -0.2) is 65.6 Å². The third kappa shape index (κ3) is 12.1. The molecular weight excluding hydrogens is 455 g/mol. The van der Waals surface area contributed by atoms with E-state index < -0.39 is 0 Å². The lowest BCUT2D eigenvalue weighted by Gasteiger charge is -2.24. The summed E-state index contributed by atoms with van der Waals surface area (Å²) in [6, 6.07) is 8.64. The van der Waals surface area contributed by atoms with Crippen LogP contribution in [0, 0.1) is 6.92 Å². The van der Waals surface area contributed by atoms with E-state index >= 15 is 0 Å². The SMILES string of the molecule is CCNC(=NCCCOCCOC)NCCN(CC)c1cccc(C)c1.I. The molecule has 0 fully saturated rings. The van der Waals surface area contributed by atoms with Gasteiger partial charge < -0.3 is 25.0 Å². The number of aliphatic imine (C=N–C) groups is 1. The van der Waals surface area contributed by atoms with Crippen molar-refractivity contribution in [2.75, 3.05) is 64.6 Å². The molecule has 0 unspecified atom stereocenters. The first-order chi connectivity index (χ1) is 12.7. The Labute approximate surface area is 182 Å². The number of nitrogens with one attached hydrogen (secondary N) is 2. The molecule has 0 radical (unpaired) electrons. The smallest absolute Gasteiger partial charge is 0.191 e. The minimum absolute atomic E-state index is 0. The van der Waals surface area contributed by atoms with Gasteiger partial charge in [0.2, 0.25) is 0 Å². The zero-order valence-corrected chi connectivity index (χ0v) is 19.6. The van der Waals surface area contributed by atoms with Crippen LogP contribution in [0.3, 0.4) is 0 Å². The van der Waals surface area contributed by atoms with Gasteiger partial charge in [-0.2, -0.15) is 0 Å². The second-order valence-corrected chi connectivity index (χ2v) is 6.06. The van der Waals surface area contributed by atoms with Gasteiger partial charge in [0.15, 0.2) is 5.96 Å². The van der Waals surface area contributed by atoms with Gasteiger partial charge in [0.05, 0.1) is 13.2 Å². The number of hydrogen-bond acceptors (Lipinski definition) is 4. The van der Waals surface area contributed by atoms with Crippen molar-refractivity contribution in [3.8, 4) is 0 Å². The van der Waals surface area contributed by atoms with E-state index in [1.807, 2.05) is 0 Å². The van der Waals surface area contributed by atoms with Gasteiger partial charge >= 0.3 is 0 Å². The first kappa shape index (κ1) is 25.9. The summed E-state index contributed by atoms with van der Waals surface area (Å²) < 4.78 is 10.4. The maximum absolute atomic E-state index is 5.46. The Bertz CT molecular complexity index is 515. The van der Waals surface area contributed by atoms with Crippen molar-refractivity contribution in [1.29, 1.82) is 0 Å². The maximum Gasteiger partial charge on any atom is 0.191 e. The van der Waals surface area contributed by atoms with Gasteiger partial charge in [-0.25, -0.2) is 0 Å². The highest BCUT2D eigenvalue weighted by atomic mass is 127. The molecular formula is C20H37IN4O2. The summed E-state index contributed by atoms with van der Waals surface area (Å²) >= 11 is 0. The van der Waals surface area contributed by atoms with E-state index in [2.05, 4.69) is 65.6 Å². The highest BCUT2D eigenvalue weighted by Crippen LogP contribution is 2.14. The number of anilines is 1. The number of methoxy groups -OCH3 is 1. The van der Waals surface area contributed by atoms with Crippen molar-refractivity contribution in [1.82, 2.24) is 10.6 Å². The average Bonchev–Trinajstić information content (AvgIpc) is 2.64. The van der Waals surface area contributed by atoms with E-state index in [4.69, 9.17) is 9.47 Å². The van der Waals surface area contributed by atoms with Gasteiger partial charge in [0.25, 0.3) is 0 Å². The van der Waals surface area contributed by atoms with Crippen LogP contribution < -0.4 is 15.5 Å². The number of guanidine groups is 1. The predicted octanol–water partition coefficient (Wildman–Crippen LogP) is 3.05. The maximum atomic E-state index is 5.46. The second kappa shape index (κ2) is 17.1. The fourth-order valence-corrected chi connectivity index (χ4v) is 2.55. The van der Waals surface area contributed by atoms with E-state index in [0.717, 1.165) is 45.1 Å². The van der Waals surface area contributed by atoms with E-state index in [-0.39, 0.29) is 24.0 Å². The molecule has 0 atom stereocenters. The van der Waals surface area contributed by atoms with Crippen molar-refractivity contribution >= 4 is 35.6 Å². The Morgan fingerprint density at radius 3 is 2.63 bits per heavy atom. The normalized spacial score (nSPS) is 11.0. The summed E-state index contributed by atoms with van der Waals surface area (Å²) in [6.45, 7) is 12.8. The van der Waals surface area contributed by atoms with Crippen molar-refractivity contribution in [2.24, 2.45) is 4.99 Å². The van der Waals surface area contributed by atoms with Crippen LogP contribution >= 0.6 is 24.0 Å². The molecule has 2 N–H and O–H groups in total. The molecule has 7 heteroatoms. The van der Waals surface area contributed by atoms with Crippen LogP contribution in [-0.2, 0) is 9.47 Å². The van der Waals surface area contributed by atoms with Gasteiger partial charge in [-0.05, 0) is 44.9 Å². The minimum Gasteiger partial charge on any atom is -0.382 e. The Kier molecular flexibility index (Phi) is 16.4. The highest BCUT2D eigenvalue weighted by molar-refractivity contribution is 14.0. The van der Waals surface area contributed by atoms with Gasteiger partial charge in [0.1, 0.15) is 0 Å². The van der Waals surface area contributed by atoms with Crippen LogP contribution in [0.4, 0.5) is 5.69 Å². The Hall–Kier alpha value is -1.06. The molecule has 0 spiro atoms. The highest BCUT2D eigenvalue weighted by Gasteiger charge is 2.05. The zero-order valence-electron chi connectivity index (χ0n) is 17.3. The molecule has 27 heavy (non-hydrogen) atoms. The minimum atomic E-state index is 0. The van der Waals surface area contributed by atoms with Crippen molar-refractivity contribution in [3.05, 3.63) is 29.8 Å². The summed E-state index contributed by atoms with van der Waals surface area (Å²) in [5, 5.41) is 6.71. The molecule has 156 valence electrons. The van der Waals surface area contributed by atoms with Gasteiger partial charge in [-0.1, -0.05) is 12.1 Å². The average molecular weight is 492 g/mol. The Morgan fingerprint density at radius 1 is 1.15 bits per heavy atom. The lowest BCUT2D eigenvalue weighted by molar-refractivity contribution is 0.0702. The summed E-state index contributed by atoms with van der Waals surface area (Å²) in [4.78, 5) is 6.97. The van der Waals surface area contributed by atoms with Crippen LogP contribution in [0.25, 0.3) is 0 Å². The molecule has 0 bridgehead atoms. The molecule has 1 rings (SSSR count). The largest absolute Gasteiger partial charge is 0.382 e. The summed E-state index contributed by atoms with van der Waals surface area (Å²) in [5.74, 6) is 0.865. The van der Waals surface area contributed by atoms with Crippen LogP contribution in [0.5, 0.6) is 0 Å². The van der Waals surface area contributed by atoms with Crippen molar-refractivity contribution in [3.63, 3.8) is 0 Å². The number of aryl methyl sites for hydroxylation is 1.